The molecule has 0 aliphatic carbocycles. The maximum Gasteiger partial charge on any atom is 0.126 e. The highest BCUT2D eigenvalue weighted by atomic mass is 35.5. The molecule has 0 amide bonds. The van der Waals surface area contributed by atoms with Gasteiger partial charge in [-0.1, -0.05) is 18.5 Å². The third kappa shape index (κ3) is 3.14. The summed E-state index contributed by atoms with van der Waals surface area (Å²) in [6.45, 7) is 2.00. The lowest BCUT2D eigenvalue weighted by molar-refractivity contribution is 0.167. The Morgan fingerprint density at radius 1 is 1.42 bits per heavy atom. The van der Waals surface area contributed by atoms with Crippen LogP contribution in [0.3, 0.4) is 0 Å². The first-order valence-electron chi connectivity index (χ1n) is 6.16. The summed E-state index contributed by atoms with van der Waals surface area (Å²) in [6.07, 6.45) is 0.173. The molecule has 0 spiro atoms. The minimum atomic E-state index is -0.800. The lowest BCUT2D eigenvalue weighted by Gasteiger charge is -2.11. The molecule has 1 aromatic carbocycles. The fourth-order valence-corrected chi connectivity index (χ4v) is 2.24. The topological polar surface area (TPSA) is 38.0 Å². The Bertz CT molecular complexity index is 583. The number of halogens is 2. The van der Waals surface area contributed by atoms with E-state index in [-0.39, 0.29) is 12.2 Å². The van der Waals surface area contributed by atoms with Gasteiger partial charge in [0.1, 0.15) is 5.82 Å². The van der Waals surface area contributed by atoms with Gasteiger partial charge in [0, 0.05) is 18.5 Å². The predicted octanol–water partition coefficient (Wildman–Crippen LogP) is 3.05. The summed E-state index contributed by atoms with van der Waals surface area (Å²) in [5.41, 5.74) is 1.98. The van der Waals surface area contributed by atoms with Crippen LogP contribution < -0.4 is 0 Å². The van der Waals surface area contributed by atoms with E-state index in [0.717, 1.165) is 12.1 Å². The summed E-state index contributed by atoms with van der Waals surface area (Å²) >= 11 is 5.84. The van der Waals surface area contributed by atoms with Gasteiger partial charge in [-0.3, -0.25) is 4.68 Å². The zero-order valence-electron chi connectivity index (χ0n) is 10.9. The van der Waals surface area contributed by atoms with Gasteiger partial charge in [-0.15, -0.1) is 0 Å². The van der Waals surface area contributed by atoms with E-state index in [9.17, 15) is 9.50 Å². The molecular formula is C14H16ClFN2O. The second-order valence-electron chi connectivity index (χ2n) is 4.49. The monoisotopic (exact) mass is 282 g/mol. The first-order valence-corrected chi connectivity index (χ1v) is 6.54. The Hall–Kier alpha value is -1.39. The average Bonchev–Trinajstić information content (AvgIpc) is 2.75. The van der Waals surface area contributed by atoms with Crippen molar-refractivity contribution in [3.63, 3.8) is 0 Å². The van der Waals surface area contributed by atoms with Crippen LogP contribution in [0.1, 0.15) is 30.0 Å². The lowest BCUT2D eigenvalue weighted by atomic mass is 10.0. The Labute approximate surface area is 116 Å². The molecule has 1 aromatic heterocycles. The first-order chi connectivity index (χ1) is 9.01. The number of aromatic nitrogens is 2. The van der Waals surface area contributed by atoms with Gasteiger partial charge in [0.25, 0.3) is 0 Å². The number of aliphatic hydroxyl groups is 1. The van der Waals surface area contributed by atoms with Gasteiger partial charge >= 0.3 is 0 Å². The highest BCUT2D eigenvalue weighted by Gasteiger charge is 2.16. The van der Waals surface area contributed by atoms with E-state index >= 15 is 0 Å². The highest BCUT2D eigenvalue weighted by molar-refractivity contribution is 6.30. The summed E-state index contributed by atoms with van der Waals surface area (Å²) in [7, 11) is 1.77. The minimum Gasteiger partial charge on any atom is -0.386 e. The van der Waals surface area contributed by atoms with Gasteiger partial charge < -0.3 is 5.11 Å². The molecule has 1 N–H and O–H groups in total. The Balaban J connectivity index is 2.22. The first kappa shape index (κ1) is 14.0. The van der Waals surface area contributed by atoms with Crippen LogP contribution >= 0.6 is 11.6 Å². The van der Waals surface area contributed by atoms with Crippen LogP contribution in [-0.4, -0.2) is 14.9 Å². The molecule has 1 unspecified atom stereocenters. The molecule has 0 fully saturated rings. The second kappa shape index (κ2) is 5.72. The summed E-state index contributed by atoms with van der Waals surface area (Å²) < 4.78 is 15.3. The molecule has 2 rings (SSSR count). The van der Waals surface area contributed by atoms with Gasteiger partial charge in [-0.25, -0.2) is 4.39 Å². The minimum absolute atomic E-state index is 0.176. The Morgan fingerprint density at radius 3 is 2.79 bits per heavy atom. The number of hydrogen-bond acceptors (Lipinski definition) is 2. The summed E-state index contributed by atoms with van der Waals surface area (Å²) in [4.78, 5) is 0. The zero-order valence-corrected chi connectivity index (χ0v) is 11.7. The predicted molar refractivity (Wildman–Crippen MR) is 72.7 cm³/mol. The molecule has 0 radical (unpaired) electrons. The SMILES string of the molecule is CCc1cc(C(O)Cc2cc(Cl)ccc2F)n(C)n1. The third-order valence-electron chi connectivity index (χ3n) is 3.09. The highest BCUT2D eigenvalue weighted by Crippen LogP contribution is 2.23. The standard InChI is InChI=1S/C14H16ClFN2O/c1-3-11-8-13(18(2)17-11)14(19)7-9-6-10(15)4-5-12(9)16/h4-6,8,14,19H,3,7H2,1-2H3. The summed E-state index contributed by atoms with van der Waals surface area (Å²) in [6, 6.07) is 6.18. The molecule has 3 nitrogen and oxygen atoms in total. The van der Waals surface area contributed by atoms with Crippen LogP contribution in [0.4, 0.5) is 4.39 Å². The summed E-state index contributed by atoms with van der Waals surface area (Å²) in [5.74, 6) is -0.360. The van der Waals surface area contributed by atoms with Crippen LogP contribution in [-0.2, 0) is 19.9 Å². The Kier molecular flexibility index (Phi) is 4.22. The fraction of sp³-hybridized carbons (Fsp3) is 0.357. The fourth-order valence-electron chi connectivity index (χ4n) is 2.04. The van der Waals surface area contributed by atoms with Crippen LogP contribution in [0, 0.1) is 5.82 Å². The quantitative estimate of drug-likeness (QED) is 0.936. The number of nitrogens with zero attached hydrogens (tertiary/aromatic N) is 2. The number of aryl methyl sites for hydroxylation is 2. The van der Waals surface area contributed by atoms with Crippen molar-refractivity contribution < 1.29 is 9.50 Å². The van der Waals surface area contributed by atoms with Crippen molar-refractivity contribution in [3.8, 4) is 0 Å². The molecule has 102 valence electrons. The van der Waals surface area contributed by atoms with E-state index in [1.54, 1.807) is 11.7 Å². The van der Waals surface area contributed by atoms with Gasteiger partial charge in [-0.05, 0) is 36.2 Å². The van der Waals surface area contributed by atoms with E-state index in [1.807, 2.05) is 13.0 Å². The molecule has 0 aliphatic heterocycles. The molecular weight excluding hydrogens is 267 g/mol. The molecule has 1 heterocycles. The smallest absolute Gasteiger partial charge is 0.126 e. The van der Waals surface area contributed by atoms with Crippen molar-refractivity contribution in [2.75, 3.05) is 0 Å². The molecule has 5 heteroatoms. The van der Waals surface area contributed by atoms with Gasteiger partial charge in [0.2, 0.25) is 0 Å². The van der Waals surface area contributed by atoms with Crippen molar-refractivity contribution in [2.45, 2.75) is 25.9 Å². The van der Waals surface area contributed by atoms with Crippen molar-refractivity contribution in [1.82, 2.24) is 9.78 Å². The number of rotatable bonds is 4. The third-order valence-corrected chi connectivity index (χ3v) is 3.33. The number of benzene rings is 1. The number of aliphatic hydroxyl groups excluding tert-OH is 1. The van der Waals surface area contributed by atoms with Gasteiger partial charge in [-0.2, -0.15) is 5.10 Å². The van der Waals surface area contributed by atoms with Crippen LogP contribution in [0.2, 0.25) is 5.02 Å². The molecule has 2 aromatic rings. The largest absolute Gasteiger partial charge is 0.386 e. The maximum absolute atomic E-state index is 13.6. The lowest BCUT2D eigenvalue weighted by Crippen LogP contribution is -2.08. The zero-order chi connectivity index (χ0) is 14.0. The molecule has 0 saturated heterocycles. The molecule has 0 saturated carbocycles. The van der Waals surface area contributed by atoms with Gasteiger partial charge in [0.15, 0.2) is 0 Å². The summed E-state index contributed by atoms with van der Waals surface area (Å²) in [5, 5.41) is 14.9. The van der Waals surface area contributed by atoms with E-state index in [2.05, 4.69) is 5.10 Å². The van der Waals surface area contributed by atoms with E-state index in [1.165, 1.54) is 18.2 Å². The van der Waals surface area contributed by atoms with Gasteiger partial charge in [0.05, 0.1) is 17.5 Å². The van der Waals surface area contributed by atoms with Crippen molar-refractivity contribution >= 4 is 11.6 Å². The van der Waals surface area contributed by atoms with Crippen LogP contribution in [0.15, 0.2) is 24.3 Å². The van der Waals surface area contributed by atoms with E-state index < -0.39 is 6.10 Å². The maximum atomic E-state index is 13.6. The Morgan fingerprint density at radius 2 is 2.16 bits per heavy atom. The molecule has 0 aliphatic rings. The second-order valence-corrected chi connectivity index (χ2v) is 4.93. The molecule has 0 bridgehead atoms. The number of hydrogen-bond donors (Lipinski definition) is 1. The molecule has 1 atom stereocenters. The normalized spacial score (nSPS) is 12.7. The average molecular weight is 283 g/mol. The van der Waals surface area contributed by atoms with Crippen LogP contribution in [0.5, 0.6) is 0 Å². The van der Waals surface area contributed by atoms with Crippen LogP contribution in [0.25, 0.3) is 0 Å². The van der Waals surface area contributed by atoms with Crippen molar-refractivity contribution in [3.05, 3.63) is 52.1 Å². The van der Waals surface area contributed by atoms with E-state index in [4.69, 9.17) is 11.6 Å². The van der Waals surface area contributed by atoms with E-state index in [0.29, 0.717) is 16.3 Å². The molecule has 19 heavy (non-hydrogen) atoms. The van der Waals surface area contributed by atoms with Crippen molar-refractivity contribution in [2.24, 2.45) is 7.05 Å². The van der Waals surface area contributed by atoms with Crippen molar-refractivity contribution in [1.29, 1.82) is 0 Å².